The van der Waals surface area contributed by atoms with Gasteiger partial charge in [-0.25, -0.2) is 5.84 Å². The van der Waals surface area contributed by atoms with Gasteiger partial charge in [0.15, 0.2) is 0 Å². The van der Waals surface area contributed by atoms with E-state index < -0.39 is 4.92 Å². The second-order valence-corrected chi connectivity index (χ2v) is 4.89. The highest BCUT2D eigenvalue weighted by Crippen LogP contribution is 2.35. The lowest BCUT2D eigenvalue weighted by atomic mass is 10.3. The summed E-state index contributed by atoms with van der Waals surface area (Å²) in [6.07, 6.45) is 0. The number of nitrogen functional groups attached to an aromatic ring is 1. The smallest absolute Gasteiger partial charge is 0.331 e. The van der Waals surface area contributed by atoms with Crippen LogP contribution in [0.15, 0.2) is 34.8 Å². The van der Waals surface area contributed by atoms with Crippen molar-refractivity contribution in [2.24, 2.45) is 5.84 Å². The molecule has 3 N–H and O–H groups in total. The van der Waals surface area contributed by atoms with Crippen LogP contribution in [0.2, 0.25) is 5.02 Å². The Balaban J connectivity index is 2.43. The first-order valence-electron chi connectivity index (χ1n) is 5.26. The van der Waals surface area contributed by atoms with Crippen LogP contribution in [-0.4, -0.2) is 9.91 Å². The van der Waals surface area contributed by atoms with Gasteiger partial charge in [-0.15, -0.1) is 0 Å². The molecular weight excluding hydrogens is 352 g/mol. The average molecular weight is 360 g/mol. The average Bonchev–Trinajstić information content (AvgIpc) is 2.41. The van der Waals surface area contributed by atoms with Crippen molar-refractivity contribution in [3.8, 4) is 11.6 Å². The van der Waals surface area contributed by atoms with E-state index in [0.29, 0.717) is 15.2 Å². The molecule has 0 bridgehead atoms. The quantitative estimate of drug-likeness (QED) is 0.492. The molecule has 7 nitrogen and oxygen atoms in total. The molecular formula is C11H8BrClN4O3. The first-order chi connectivity index (χ1) is 9.51. The minimum absolute atomic E-state index is 0.173. The van der Waals surface area contributed by atoms with Gasteiger partial charge in [0.05, 0.1) is 9.40 Å². The van der Waals surface area contributed by atoms with Gasteiger partial charge in [-0.05, 0) is 40.2 Å². The third kappa shape index (κ3) is 3.16. The van der Waals surface area contributed by atoms with Gasteiger partial charge in [0.2, 0.25) is 0 Å². The number of hydrogen-bond donors (Lipinski definition) is 2. The highest BCUT2D eigenvalue weighted by molar-refractivity contribution is 9.10. The van der Waals surface area contributed by atoms with Gasteiger partial charge in [-0.2, -0.15) is 4.98 Å². The molecule has 0 fully saturated rings. The monoisotopic (exact) mass is 358 g/mol. The molecule has 1 heterocycles. The molecule has 9 heteroatoms. The number of nitrogens with two attached hydrogens (primary N) is 1. The molecule has 0 aliphatic rings. The summed E-state index contributed by atoms with van der Waals surface area (Å²) in [5, 5.41) is 11.5. The molecule has 0 saturated heterocycles. The summed E-state index contributed by atoms with van der Waals surface area (Å²) >= 11 is 9.07. The molecule has 2 rings (SSSR count). The Morgan fingerprint density at radius 1 is 1.40 bits per heavy atom. The molecule has 0 spiro atoms. The van der Waals surface area contributed by atoms with E-state index >= 15 is 0 Å². The lowest BCUT2D eigenvalue weighted by Gasteiger charge is -2.08. The Hall–Kier alpha value is -1.90. The first kappa shape index (κ1) is 14.5. The number of anilines is 1. The summed E-state index contributed by atoms with van der Waals surface area (Å²) in [6.45, 7) is 0. The summed E-state index contributed by atoms with van der Waals surface area (Å²) in [4.78, 5) is 14.3. The van der Waals surface area contributed by atoms with Crippen molar-refractivity contribution in [1.29, 1.82) is 0 Å². The number of nitrogens with one attached hydrogen (secondary N) is 1. The zero-order valence-corrected chi connectivity index (χ0v) is 12.2. The van der Waals surface area contributed by atoms with Crippen LogP contribution in [0.3, 0.4) is 0 Å². The third-order valence-electron chi connectivity index (χ3n) is 2.29. The van der Waals surface area contributed by atoms with Gasteiger partial charge in [-0.1, -0.05) is 11.6 Å². The number of nitro groups is 1. The van der Waals surface area contributed by atoms with Crippen molar-refractivity contribution >= 4 is 39.0 Å². The Kier molecular flexibility index (Phi) is 4.38. The van der Waals surface area contributed by atoms with E-state index in [4.69, 9.17) is 22.2 Å². The topological polar surface area (TPSA) is 103 Å². The Morgan fingerprint density at radius 3 is 2.75 bits per heavy atom. The summed E-state index contributed by atoms with van der Waals surface area (Å²) in [5.74, 6) is 5.64. The van der Waals surface area contributed by atoms with Crippen molar-refractivity contribution in [3.05, 3.63) is 49.9 Å². The molecule has 1 aromatic carbocycles. The number of benzene rings is 1. The molecule has 0 aliphatic carbocycles. The van der Waals surface area contributed by atoms with Gasteiger partial charge in [0.25, 0.3) is 0 Å². The Bertz CT molecular complexity index is 668. The number of hydrazine groups is 1. The minimum atomic E-state index is -0.591. The fourth-order valence-corrected chi connectivity index (χ4v) is 2.15. The maximum Gasteiger partial charge on any atom is 0.331 e. The lowest BCUT2D eigenvalue weighted by Crippen LogP contribution is -2.09. The first-order valence-corrected chi connectivity index (χ1v) is 6.43. The highest BCUT2D eigenvalue weighted by Gasteiger charge is 2.19. The van der Waals surface area contributed by atoms with Crippen molar-refractivity contribution < 1.29 is 9.66 Å². The van der Waals surface area contributed by atoms with Crippen LogP contribution in [0.4, 0.5) is 11.5 Å². The molecule has 0 amide bonds. The molecule has 0 unspecified atom stereocenters. The van der Waals surface area contributed by atoms with Crippen molar-refractivity contribution in [1.82, 2.24) is 4.98 Å². The van der Waals surface area contributed by atoms with Crippen LogP contribution in [0.25, 0.3) is 0 Å². The molecule has 20 heavy (non-hydrogen) atoms. The second kappa shape index (κ2) is 6.04. The molecule has 0 atom stereocenters. The van der Waals surface area contributed by atoms with Crippen molar-refractivity contribution in [3.63, 3.8) is 0 Å². The largest absolute Gasteiger partial charge is 0.432 e. The van der Waals surface area contributed by atoms with Gasteiger partial charge in [0.1, 0.15) is 11.6 Å². The van der Waals surface area contributed by atoms with Gasteiger partial charge in [-0.3, -0.25) is 10.1 Å². The van der Waals surface area contributed by atoms with E-state index in [0.717, 1.165) is 0 Å². The van der Waals surface area contributed by atoms with E-state index in [-0.39, 0.29) is 17.4 Å². The minimum Gasteiger partial charge on any atom is -0.432 e. The maximum atomic E-state index is 11.0. The standard InChI is InChI=1S/C11H8BrClN4O3/c12-7-5-6(13)1-3-9(7)20-11-8(17(18)19)2-4-10(15-11)16-14/h1-5H,14H2,(H,15,16). The highest BCUT2D eigenvalue weighted by atomic mass is 79.9. The van der Waals surface area contributed by atoms with E-state index in [1.54, 1.807) is 18.2 Å². The fraction of sp³-hybridized carbons (Fsp3) is 0. The SMILES string of the molecule is NNc1ccc([N+](=O)[O-])c(Oc2ccc(Cl)cc2Br)n1. The normalized spacial score (nSPS) is 10.2. The molecule has 104 valence electrons. The van der Waals surface area contributed by atoms with E-state index in [1.807, 2.05) is 0 Å². The molecule has 0 saturated carbocycles. The lowest BCUT2D eigenvalue weighted by molar-refractivity contribution is -0.386. The Morgan fingerprint density at radius 2 is 2.15 bits per heavy atom. The predicted molar refractivity (Wildman–Crippen MR) is 77.9 cm³/mol. The number of aromatic nitrogens is 1. The zero-order chi connectivity index (χ0) is 14.7. The van der Waals surface area contributed by atoms with Crippen LogP contribution >= 0.6 is 27.5 Å². The van der Waals surface area contributed by atoms with Crippen molar-refractivity contribution in [2.75, 3.05) is 5.43 Å². The van der Waals surface area contributed by atoms with Crippen LogP contribution in [0.5, 0.6) is 11.6 Å². The number of hydrogen-bond acceptors (Lipinski definition) is 6. The molecule has 1 aromatic heterocycles. The van der Waals surface area contributed by atoms with E-state index in [1.165, 1.54) is 12.1 Å². The number of pyridine rings is 1. The second-order valence-electron chi connectivity index (χ2n) is 3.60. The summed E-state index contributed by atoms with van der Waals surface area (Å²) in [6, 6.07) is 7.40. The molecule has 0 aliphatic heterocycles. The number of ether oxygens (including phenoxy) is 1. The number of rotatable bonds is 4. The summed E-state index contributed by atoms with van der Waals surface area (Å²) in [5.41, 5.74) is 2.02. The van der Waals surface area contributed by atoms with Gasteiger partial charge < -0.3 is 10.2 Å². The fourth-order valence-electron chi connectivity index (χ4n) is 1.39. The molecule has 2 aromatic rings. The van der Waals surface area contributed by atoms with E-state index in [2.05, 4.69) is 26.3 Å². The predicted octanol–water partition coefficient (Wildman–Crippen LogP) is 3.48. The van der Waals surface area contributed by atoms with Crippen LogP contribution in [-0.2, 0) is 0 Å². The van der Waals surface area contributed by atoms with Gasteiger partial charge >= 0.3 is 11.6 Å². The Labute approximate surface area is 127 Å². The third-order valence-corrected chi connectivity index (χ3v) is 3.14. The number of nitrogens with zero attached hydrogens (tertiary/aromatic N) is 2. The molecule has 0 radical (unpaired) electrons. The zero-order valence-electron chi connectivity index (χ0n) is 9.84. The van der Waals surface area contributed by atoms with Crippen LogP contribution < -0.4 is 16.0 Å². The van der Waals surface area contributed by atoms with E-state index in [9.17, 15) is 10.1 Å². The van der Waals surface area contributed by atoms with Crippen LogP contribution in [0.1, 0.15) is 0 Å². The summed E-state index contributed by atoms with van der Waals surface area (Å²) < 4.78 is 5.99. The maximum absolute atomic E-state index is 11.0. The summed E-state index contributed by atoms with van der Waals surface area (Å²) in [7, 11) is 0. The van der Waals surface area contributed by atoms with Crippen LogP contribution in [0, 0.1) is 10.1 Å². The van der Waals surface area contributed by atoms with Crippen molar-refractivity contribution in [2.45, 2.75) is 0 Å². The number of halogens is 2. The van der Waals surface area contributed by atoms with Gasteiger partial charge in [0, 0.05) is 11.1 Å².